The fourth-order valence-corrected chi connectivity index (χ4v) is 8.64. The Morgan fingerprint density at radius 3 is 1.44 bits per heavy atom. The Hall–Kier alpha value is 0.0969. The van der Waals surface area contributed by atoms with Crippen LogP contribution in [0.5, 0.6) is 0 Å². The number of hydrogen-bond donors (Lipinski definition) is 1. The highest BCUT2D eigenvalue weighted by atomic mass is 28.4. The summed E-state index contributed by atoms with van der Waals surface area (Å²) < 4.78 is 5.44. The zero-order valence-corrected chi connectivity index (χ0v) is 14.7. The van der Waals surface area contributed by atoms with Crippen molar-refractivity contribution in [2.24, 2.45) is 0 Å². The third kappa shape index (κ3) is 3.56. The Bertz CT molecular complexity index is 191. The van der Waals surface area contributed by atoms with Gasteiger partial charge in [-0.2, -0.15) is 0 Å². The van der Waals surface area contributed by atoms with Crippen LogP contribution in [0.2, 0.25) is 5.54 Å². The Kier molecular flexibility index (Phi) is 9.12. The lowest BCUT2D eigenvalue weighted by molar-refractivity contribution is 0.321. The van der Waals surface area contributed by atoms with Crippen molar-refractivity contribution in [3.8, 4) is 0 Å². The first-order valence-corrected chi connectivity index (χ1v) is 9.80. The Balaban J connectivity index is 5.51. The van der Waals surface area contributed by atoms with Crippen molar-refractivity contribution in [3.63, 3.8) is 0 Å². The molecule has 3 nitrogen and oxygen atoms in total. The Morgan fingerprint density at radius 1 is 0.833 bits per heavy atom. The van der Waals surface area contributed by atoms with Crippen LogP contribution in [0.15, 0.2) is 0 Å². The van der Waals surface area contributed by atoms with Gasteiger partial charge < -0.3 is 4.98 Å². The second kappa shape index (κ2) is 9.07. The highest BCUT2D eigenvalue weighted by Gasteiger charge is 2.47. The molecule has 1 atom stereocenters. The Labute approximate surface area is 116 Å². The molecule has 0 rings (SSSR count). The van der Waals surface area contributed by atoms with Crippen LogP contribution in [0.3, 0.4) is 0 Å². The predicted octanol–water partition coefficient (Wildman–Crippen LogP) is 3.02. The number of hydrogen-bond acceptors (Lipinski definition) is 3. The largest absolute Gasteiger partial charge is 0.313 e. The summed E-state index contributed by atoms with van der Waals surface area (Å²) in [6.45, 7) is 21.9. The van der Waals surface area contributed by atoms with E-state index in [0.717, 1.165) is 38.3 Å². The van der Waals surface area contributed by atoms with Crippen LogP contribution in [0.25, 0.3) is 0 Å². The van der Waals surface area contributed by atoms with Gasteiger partial charge in [0.2, 0.25) is 0 Å². The van der Waals surface area contributed by atoms with Gasteiger partial charge in [-0.15, -0.1) is 0 Å². The number of nitrogens with zero attached hydrogens (tertiary/aromatic N) is 2. The maximum atomic E-state index is 3.94. The average Bonchev–Trinajstić information content (AvgIpc) is 2.40. The van der Waals surface area contributed by atoms with Crippen LogP contribution in [-0.4, -0.2) is 50.4 Å². The molecule has 0 heterocycles. The highest BCUT2D eigenvalue weighted by Crippen LogP contribution is 2.29. The van der Waals surface area contributed by atoms with Crippen LogP contribution in [0, 0.1) is 0 Å². The van der Waals surface area contributed by atoms with Gasteiger partial charge in [0, 0.05) is 0 Å². The van der Waals surface area contributed by atoms with Crippen LogP contribution in [0.1, 0.15) is 54.9 Å². The molecule has 4 heteroatoms. The standard InChI is InChI=1S/C14H35N3Si/c1-8-14(7)18(15-9-2,16(10-3)11-4)17(12-5)13-6/h14-15H,8-13H2,1-7H3. The second-order valence-corrected chi connectivity index (χ2v) is 8.97. The average molecular weight is 274 g/mol. The highest BCUT2D eigenvalue weighted by molar-refractivity contribution is 6.73. The van der Waals surface area contributed by atoms with E-state index in [2.05, 4.69) is 62.6 Å². The summed E-state index contributed by atoms with van der Waals surface area (Å²) in [5.41, 5.74) is 0.747. The van der Waals surface area contributed by atoms with Gasteiger partial charge in [-0.25, -0.2) is 0 Å². The predicted molar refractivity (Wildman–Crippen MR) is 85.0 cm³/mol. The van der Waals surface area contributed by atoms with Gasteiger partial charge in [0.15, 0.2) is 0 Å². The summed E-state index contributed by atoms with van der Waals surface area (Å²) in [5.74, 6) is 0. The first kappa shape index (κ1) is 18.1. The smallest absolute Gasteiger partial charge is 0.289 e. The minimum Gasteiger partial charge on any atom is -0.313 e. The number of nitrogens with one attached hydrogen (secondary N) is 1. The molecule has 0 aliphatic rings. The summed E-state index contributed by atoms with van der Waals surface area (Å²) in [6, 6.07) is 0. The van der Waals surface area contributed by atoms with Gasteiger partial charge in [0.25, 0.3) is 8.56 Å². The van der Waals surface area contributed by atoms with Gasteiger partial charge >= 0.3 is 0 Å². The van der Waals surface area contributed by atoms with E-state index >= 15 is 0 Å². The lowest BCUT2D eigenvalue weighted by atomic mass is 10.4. The maximum absolute atomic E-state index is 3.94. The van der Waals surface area contributed by atoms with Crippen molar-refractivity contribution in [2.45, 2.75) is 60.4 Å². The molecule has 0 amide bonds. The quantitative estimate of drug-likeness (QED) is 0.617. The third-order valence-corrected chi connectivity index (χ3v) is 10.1. The SMILES string of the molecule is CCN[Si](C(C)CC)(N(CC)CC)N(CC)CC. The van der Waals surface area contributed by atoms with Crippen molar-refractivity contribution in [3.05, 3.63) is 0 Å². The molecule has 0 saturated carbocycles. The summed E-state index contributed by atoms with van der Waals surface area (Å²) in [7, 11) is -1.74. The molecule has 0 aromatic heterocycles. The van der Waals surface area contributed by atoms with Gasteiger partial charge in [-0.3, -0.25) is 9.13 Å². The van der Waals surface area contributed by atoms with Gasteiger partial charge in [-0.1, -0.05) is 54.9 Å². The summed E-state index contributed by atoms with van der Waals surface area (Å²) in [6.07, 6.45) is 1.26. The van der Waals surface area contributed by atoms with Crippen LogP contribution >= 0.6 is 0 Å². The van der Waals surface area contributed by atoms with Gasteiger partial charge in [0.1, 0.15) is 0 Å². The van der Waals surface area contributed by atoms with Crippen molar-refractivity contribution in [1.29, 1.82) is 0 Å². The first-order chi connectivity index (χ1) is 8.58. The Morgan fingerprint density at radius 2 is 1.22 bits per heavy atom. The molecule has 0 bridgehead atoms. The van der Waals surface area contributed by atoms with E-state index in [0.29, 0.717) is 0 Å². The molecule has 1 N–H and O–H groups in total. The van der Waals surface area contributed by atoms with Crippen molar-refractivity contribution < 1.29 is 0 Å². The van der Waals surface area contributed by atoms with Crippen molar-refractivity contribution in [2.75, 3.05) is 32.7 Å². The molecule has 0 fully saturated rings. The molecule has 0 aromatic rings. The van der Waals surface area contributed by atoms with E-state index in [1.54, 1.807) is 0 Å². The number of rotatable bonds is 10. The molecule has 0 spiro atoms. The molecular formula is C14H35N3Si. The monoisotopic (exact) mass is 273 g/mol. The lowest BCUT2D eigenvalue weighted by Crippen LogP contribution is -2.76. The third-order valence-electron chi connectivity index (χ3n) is 4.23. The maximum Gasteiger partial charge on any atom is 0.289 e. The topological polar surface area (TPSA) is 18.5 Å². The van der Waals surface area contributed by atoms with E-state index in [1.807, 2.05) is 0 Å². The summed E-state index contributed by atoms with van der Waals surface area (Å²) in [4.78, 5) is 3.94. The molecule has 110 valence electrons. The first-order valence-electron chi connectivity index (χ1n) is 7.83. The molecular weight excluding hydrogens is 238 g/mol. The van der Waals surface area contributed by atoms with Crippen molar-refractivity contribution in [1.82, 2.24) is 14.1 Å². The molecule has 0 saturated heterocycles. The van der Waals surface area contributed by atoms with E-state index in [4.69, 9.17) is 0 Å². The summed E-state index contributed by atoms with van der Waals surface area (Å²) in [5, 5.41) is 0. The van der Waals surface area contributed by atoms with E-state index in [-0.39, 0.29) is 0 Å². The molecule has 0 aliphatic carbocycles. The molecule has 0 aromatic carbocycles. The second-order valence-electron chi connectivity index (χ2n) is 4.91. The lowest BCUT2D eigenvalue weighted by Gasteiger charge is -2.51. The zero-order chi connectivity index (χ0) is 14.2. The van der Waals surface area contributed by atoms with Gasteiger partial charge in [-0.05, 0) is 38.3 Å². The van der Waals surface area contributed by atoms with Crippen LogP contribution < -0.4 is 4.98 Å². The van der Waals surface area contributed by atoms with Crippen molar-refractivity contribution >= 4 is 8.56 Å². The summed E-state index contributed by atoms with van der Waals surface area (Å²) >= 11 is 0. The normalized spacial score (nSPS) is 14.5. The minimum atomic E-state index is -1.74. The van der Waals surface area contributed by atoms with E-state index in [1.165, 1.54) is 6.42 Å². The van der Waals surface area contributed by atoms with Gasteiger partial charge in [0.05, 0.1) is 0 Å². The van der Waals surface area contributed by atoms with Crippen LogP contribution in [0.4, 0.5) is 0 Å². The van der Waals surface area contributed by atoms with E-state index < -0.39 is 8.56 Å². The minimum absolute atomic E-state index is 0.747. The molecule has 0 radical (unpaired) electrons. The zero-order valence-electron chi connectivity index (χ0n) is 13.7. The molecule has 0 aliphatic heterocycles. The van der Waals surface area contributed by atoms with Crippen LogP contribution in [-0.2, 0) is 0 Å². The molecule has 1 unspecified atom stereocenters. The fourth-order valence-electron chi connectivity index (χ4n) is 3.18. The molecule has 18 heavy (non-hydrogen) atoms. The van der Waals surface area contributed by atoms with E-state index in [9.17, 15) is 0 Å². The fraction of sp³-hybridized carbons (Fsp3) is 1.00.